The number of halogens is 1. The van der Waals surface area contributed by atoms with Gasteiger partial charge in [0.2, 0.25) is 0 Å². The molecule has 0 fully saturated rings. The van der Waals surface area contributed by atoms with Crippen LogP contribution in [0, 0.1) is 0 Å². The van der Waals surface area contributed by atoms with Crippen LogP contribution in [0.4, 0.5) is 0 Å². The summed E-state index contributed by atoms with van der Waals surface area (Å²) in [4.78, 5) is 12.5. The summed E-state index contributed by atoms with van der Waals surface area (Å²) < 4.78 is 16.3. The zero-order valence-corrected chi connectivity index (χ0v) is 13.3. The Labute approximate surface area is 139 Å². The van der Waals surface area contributed by atoms with Crippen molar-refractivity contribution in [2.75, 3.05) is 20.3 Å². The van der Waals surface area contributed by atoms with Crippen LogP contribution in [0.2, 0.25) is 5.02 Å². The van der Waals surface area contributed by atoms with Crippen LogP contribution in [0.25, 0.3) is 6.08 Å². The van der Waals surface area contributed by atoms with Crippen molar-refractivity contribution in [3.8, 4) is 17.2 Å². The van der Waals surface area contributed by atoms with Gasteiger partial charge in [0.25, 0.3) is 0 Å². The first-order valence-corrected chi connectivity index (χ1v) is 7.51. The molecule has 23 heavy (non-hydrogen) atoms. The van der Waals surface area contributed by atoms with Gasteiger partial charge in [-0.25, -0.2) is 0 Å². The van der Waals surface area contributed by atoms with Crippen LogP contribution in [0.3, 0.4) is 0 Å². The highest BCUT2D eigenvalue weighted by Gasteiger charge is 2.19. The largest absolute Gasteiger partial charge is 0.496 e. The Morgan fingerprint density at radius 2 is 1.91 bits per heavy atom. The Morgan fingerprint density at radius 3 is 2.61 bits per heavy atom. The molecule has 0 radical (unpaired) electrons. The SMILES string of the molecule is COc1cc2c(cc1C(=O)C=Cc1cccc(Cl)c1)OCCO2. The monoisotopic (exact) mass is 330 g/mol. The number of benzene rings is 2. The summed E-state index contributed by atoms with van der Waals surface area (Å²) in [5.74, 6) is 1.41. The zero-order valence-electron chi connectivity index (χ0n) is 12.5. The van der Waals surface area contributed by atoms with Crippen molar-refractivity contribution in [3.63, 3.8) is 0 Å². The molecule has 5 heteroatoms. The normalized spacial score (nSPS) is 13.1. The minimum atomic E-state index is -0.182. The van der Waals surface area contributed by atoms with Gasteiger partial charge in [0.15, 0.2) is 17.3 Å². The molecule has 1 aliphatic rings. The second-order valence-electron chi connectivity index (χ2n) is 4.95. The Morgan fingerprint density at radius 1 is 1.17 bits per heavy atom. The second-order valence-corrected chi connectivity index (χ2v) is 5.39. The summed E-state index contributed by atoms with van der Waals surface area (Å²) in [6, 6.07) is 10.6. The van der Waals surface area contributed by atoms with Gasteiger partial charge >= 0.3 is 0 Å². The van der Waals surface area contributed by atoms with Crippen molar-refractivity contribution < 1.29 is 19.0 Å². The van der Waals surface area contributed by atoms with Gasteiger partial charge in [-0.15, -0.1) is 0 Å². The lowest BCUT2D eigenvalue weighted by molar-refractivity contribution is 0.104. The molecule has 3 rings (SSSR count). The third-order valence-electron chi connectivity index (χ3n) is 3.41. The number of ketones is 1. The quantitative estimate of drug-likeness (QED) is 0.627. The molecule has 4 nitrogen and oxygen atoms in total. The number of hydrogen-bond donors (Lipinski definition) is 0. The minimum absolute atomic E-state index is 0.182. The Kier molecular flexibility index (Phi) is 4.53. The minimum Gasteiger partial charge on any atom is -0.496 e. The molecule has 0 spiro atoms. The zero-order chi connectivity index (χ0) is 16.2. The van der Waals surface area contributed by atoms with Crippen LogP contribution in [0.1, 0.15) is 15.9 Å². The van der Waals surface area contributed by atoms with E-state index in [9.17, 15) is 4.79 Å². The summed E-state index contributed by atoms with van der Waals surface area (Å²) in [6.45, 7) is 0.948. The van der Waals surface area contributed by atoms with E-state index in [1.165, 1.54) is 13.2 Å². The second kappa shape index (κ2) is 6.75. The number of carbonyl (C=O) groups is 1. The molecule has 2 aromatic carbocycles. The van der Waals surface area contributed by atoms with Gasteiger partial charge in [-0.3, -0.25) is 4.79 Å². The van der Waals surface area contributed by atoms with Crippen molar-refractivity contribution >= 4 is 23.5 Å². The fourth-order valence-electron chi connectivity index (χ4n) is 2.30. The Balaban J connectivity index is 1.89. The van der Waals surface area contributed by atoms with E-state index in [1.54, 1.807) is 30.3 Å². The third-order valence-corrected chi connectivity index (χ3v) is 3.64. The van der Waals surface area contributed by atoms with E-state index in [-0.39, 0.29) is 5.78 Å². The maximum Gasteiger partial charge on any atom is 0.189 e. The van der Waals surface area contributed by atoms with Crippen LogP contribution in [0.5, 0.6) is 17.2 Å². The van der Waals surface area contributed by atoms with E-state index in [2.05, 4.69) is 0 Å². The summed E-state index contributed by atoms with van der Waals surface area (Å²) in [6.07, 6.45) is 3.20. The van der Waals surface area contributed by atoms with E-state index < -0.39 is 0 Å². The van der Waals surface area contributed by atoms with Crippen molar-refractivity contribution in [3.05, 3.63) is 58.6 Å². The fourth-order valence-corrected chi connectivity index (χ4v) is 2.50. The van der Waals surface area contributed by atoms with Gasteiger partial charge in [0, 0.05) is 11.1 Å². The fraction of sp³-hybridized carbons (Fsp3) is 0.167. The molecule has 0 N–H and O–H groups in total. The van der Waals surface area contributed by atoms with Gasteiger partial charge < -0.3 is 14.2 Å². The average molecular weight is 331 g/mol. The summed E-state index contributed by atoms with van der Waals surface area (Å²) in [5, 5.41) is 0.622. The van der Waals surface area contributed by atoms with E-state index in [4.69, 9.17) is 25.8 Å². The third kappa shape index (κ3) is 3.48. The molecule has 0 saturated carbocycles. The van der Waals surface area contributed by atoms with Crippen LogP contribution in [0.15, 0.2) is 42.5 Å². The lowest BCUT2D eigenvalue weighted by Gasteiger charge is -2.20. The van der Waals surface area contributed by atoms with Gasteiger partial charge in [0.05, 0.1) is 12.7 Å². The average Bonchev–Trinajstić information content (AvgIpc) is 2.58. The molecule has 0 unspecified atom stereocenters. The maximum atomic E-state index is 12.5. The first kappa shape index (κ1) is 15.4. The van der Waals surface area contributed by atoms with Crippen molar-refractivity contribution in [1.82, 2.24) is 0 Å². The van der Waals surface area contributed by atoms with Crippen LogP contribution < -0.4 is 14.2 Å². The molecule has 0 atom stereocenters. The molecule has 2 aromatic rings. The van der Waals surface area contributed by atoms with Crippen LogP contribution in [-0.2, 0) is 0 Å². The van der Waals surface area contributed by atoms with Crippen molar-refractivity contribution in [2.24, 2.45) is 0 Å². The summed E-state index contributed by atoms with van der Waals surface area (Å²) in [7, 11) is 1.52. The number of methoxy groups -OCH3 is 1. The highest BCUT2D eigenvalue weighted by molar-refractivity contribution is 6.30. The molecular weight excluding hydrogens is 316 g/mol. The summed E-state index contributed by atoms with van der Waals surface area (Å²) >= 11 is 5.93. The molecule has 118 valence electrons. The lowest BCUT2D eigenvalue weighted by atomic mass is 10.1. The Bertz CT molecular complexity index is 768. The van der Waals surface area contributed by atoms with E-state index in [1.807, 2.05) is 12.1 Å². The number of hydrogen-bond acceptors (Lipinski definition) is 4. The van der Waals surface area contributed by atoms with Crippen LogP contribution >= 0.6 is 11.6 Å². The molecule has 0 aliphatic carbocycles. The number of allylic oxidation sites excluding steroid dienone is 1. The molecule has 0 amide bonds. The summed E-state index contributed by atoms with van der Waals surface area (Å²) in [5.41, 5.74) is 1.28. The lowest BCUT2D eigenvalue weighted by Crippen LogP contribution is -2.16. The number of carbonyl (C=O) groups excluding carboxylic acids is 1. The van der Waals surface area contributed by atoms with E-state index in [0.717, 1.165) is 5.56 Å². The van der Waals surface area contributed by atoms with E-state index in [0.29, 0.717) is 41.0 Å². The standard InChI is InChI=1S/C18H15ClO4/c1-21-16-11-18-17(22-7-8-23-18)10-14(16)15(20)6-5-12-3-2-4-13(19)9-12/h2-6,9-11H,7-8H2,1H3. The van der Waals surface area contributed by atoms with E-state index >= 15 is 0 Å². The number of rotatable bonds is 4. The first-order valence-electron chi connectivity index (χ1n) is 7.13. The maximum absolute atomic E-state index is 12.5. The van der Waals surface area contributed by atoms with Gasteiger partial charge in [-0.1, -0.05) is 29.8 Å². The smallest absolute Gasteiger partial charge is 0.189 e. The molecule has 1 heterocycles. The van der Waals surface area contributed by atoms with Crippen molar-refractivity contribution in [1.29, 1.82) is 0 Å². The first-order chi connectivity index (χ1) is 11.2. The molecule has 1 aliphatic heterocycles. The number of ether oxygens (including phenoxy) is 3. The van der Waals surface area contributed by atoms with Crippen molar-refractivity contribution in [2.45, 2.75) is 0 Å². The molecule has 0 saturated heterocycles. The van der Waals surface area contributed by atoms with Gasteiger partial charge in [0.1, 0.15) is 19.0 Å². The van der Waals surface area contributed by atoms with Gasteiger partial charge in [-0.05, 0) is 29.8 Å². The number of fused-ring (bicyclic) bond motifs is 1. The van der Waals surface area contributed by atoms with Gasteiger partial charge in [-0.2, -0.15) is 0 Å². The predicted octanol–water partition coefficient (Wildman–Crippen LogP) is 4.02. The highest BCUT2D eigenvalue weighted by Crippen LogP contribution is 2.37. The molecular formula is C18H15ClO4. The molecule has 0 aromatic heterocycles. The molecule has 0 bridgehead atoms. The predicted molar refractivity (Wildman–Crippen MR) is 88.8 cm³/mol. The Hall–Kier alpha value is -2.46. The highest BCUT2D eigenvalue weighted by atomic mass is 35.5. The topological polar surface area (TPSA) is 44.8 Å². The van der Waals surface area contributed by atoms with Crippen LogP contribution in [-0.4, -0.2) is 26.1 Å².